The van der Waals surface area contributed by atoms with E-state index in [-0.39, 0.29) is 10.8 Å². The molecule has 0 aliphatic carbocycles. The first-order valence-corrected chi connectivity index (χ1v) is 6.10. The number of aryl methyl sites for hydroxylation is 1. The van der Waals surface area contributed by atoms with Crippen LogP contribution in [0.25, 0.3) is 0 Å². The van der Waals surface area contributed by atoms with Gasteiger partial charge in [0.2, 0.25) is 0 Å². The first-order chi connectivity index (χ1) is 8.66. The Morgan fingerprint density at radius 1 is 1.28 bits per heavy atom. The number of nitrogens with zero attached hydrogens (tertiary/aromatic N) is 1. The smallest absolute Gasteiger partial charge is 0.142 e. The number of halogens is 2. The zero-order chi connectivity index (χ0) is 13.0. The highest BCUT2D eigenvalue weighted by molar-refractivity contribution is 6.30. The Morgan fingerprint density at radius 3 is 2.83 bits per heavy atom. The molecule has 0 radical (unpaired) electrons. The summed E-state index contributed by atoms with van der Waals surface area (Å²) in [5.41, 5.74) is 3.02. The van der Waals surface area contributed by atoms with Crippen molar-refractivity contribution < 1.29 is 4.39 Å². The zero-order valence-corrected chi connectivity index (χ0v) is 10.8. The molecule has 1 aromatic carbocycles. The summed E-state index contributed by atoms with van der Waals surface area (Å²) in [6, 6.07) is 8.75. The third kappa shape index (κ3) is 3.28. The molecule has 4 heteroatoms. The zero-order valence-electron chi connectivity index (χ0n) is 10.1. The second-order valence-electron chi connectivity index (χ2n) is 4.12. The van der Waals surface area contributed by atoms with Gasteiger partial charge >= 0.3 is 0 Å². The average molecular weight is 265 g/mol. The maximum Gasteiger partial charge on any atom is 0.142 e. The number of hydrogen-bond acceptors (Lipinski definition) is 2. The van der Waals surface area contributed by atoms with E-state index >= 15 is 0 Å². The molecule has 1 N–H and O–H groups in total. The van der Waals surface area contributed by atoms with Crippen molar-refractivity contribution in [2.45, 2.75) is 20.0 Å². The lowest BCUT2D eigenvalue weighted by Crippen LogP contribution is -2.14. The van der Waals surface area contributed by atoms with E-state index in [1.165, 1.54) is 6.07 Å². The van der Waals surface area contributed by atoms with Gasteiger partial charge < -0.3 is 5.32 Å². The quantitative estimate of drug-likeness (QED) is 0.915. The van der Waals surface area contributed by atoms with E-state index < -0.39 is 0 Å². The molecule has 1 heterocycles. The molecule has 0 saturated carbocycles. The highest BCUT2D eigenvalue weighted by Crippen LogP contribution is 2.15. The van der Waals surface area contributed by atoms with Gasteiger partial charge in [-0.1, -0.05) is 23.7 Å². The Morgan fingerprint density at radius 2 is 2.11 bits per heavy atom. The summed E-state index contributed by atoms with van der Waals surface area (Å²) in [7, 11) is 0. The Balaban J connectivity index is 1.92. The lowest BCUT2D eigenvalue weighted by atomic mass is 10.2. The largest absolute Gasteiger partial charge is 0.307 e. The van der Waals surface area contributed by atoms with Crippen LogP contribution in [-0.2, 0) is 13.1 Å². The van der Waals surface area contributed by atoms with Gasteiger partial charge in [-0.15, -0.1) is 0 Å². The van der Waals surface area contributed by atoms with E-state index in [1.807, 2.05) is 25.1 Å². The van der Waals surface area contributed by atoms with Gasteiger partial charge in [0.15, 0.2) is 0 Å². The summed E-state index contributed by atoms with van der Waals surface area (Å²) < 4.78 is 13.2. The Kier molecular flexibility index (Phi) is 4.28. The molecule has 2 rings (SSSR count). The van der Waals surface area contributed by atoms with E-state index in [0.29, 0.717) is 13.1 Å². The molecular formula is C14H14ClFN2. The van der Waals surface area contributed by atoms with Crippen LogP contribution >= 0.6 is 11.6 Å². The summed E-state index contributed by atoms with van der Waals surface area (Å²) in [6.07, 6.45) is 1.77. The van der Waals surface area contributed by atoms with Crippen molar-refractivity contribution >= 4 is 11.6 Å². The van der Waals surface area contributed by atoms with Crippen LogP contribution in [0.15, 0.2) is 36.5 Å². The van der Waals surface area contributed by atoms with Crippen molar-refractivity contribution in [1.82, 2.24) is 10.3 Å². The maximum atomic E-state index is 13.2. The standard InChI is InChI=1S/C14H14ClFN2/c1-10-3-2-6-18-14(10)9-17-8-11-4-5-12(15)13(16)7-11/h2-7,17H,8-9H2,1H3. The number of hydrogen-bond donors (Lipinski definition) is 1. The molecule has 0 spiro atoms. The molecule has 0 atom stereocenters. The molecule has 2 nitrogen and oxygen atoms in total. The Bertz CT molecular complexity index is 543. The first-order valence-electron chi connectivity index (χ1n) is 5.72. The Labute approximate surface area is 111 Å². The van der Waals surface area contributed by atoms with E-state index in [1.54, 1.807) is 12.3 Å². The monoisotopic (exact) mass is 264 g/mol. The first kappa shape index (κ1) is 13.0. The molecule has 0 aliphatic rings. The number of aromatic nitrogens is 1. The molecule has 1 aromatic heterocycles. The molecule has 0 amide bonds. The van der Waals surface area contributed by atoms with Crippen molar-refractivity contribution in [2.75, 3.05) is 0 Å². The van der Waals surface area contributed by atoms with Crippen LogP contribution in [0, 0.1) is 12.7 Å². The predicted octanol–water partition coefficient (Wildman–Crippen LogP) is 3.47. The van der Waals surface area contributed by atoms with Gasteiger partial charge in [0, 0.05) is 19.3 Å². The van der Waals surface area contributed by atoms with Crippen LogP contribution < -0.4 is 5.32 Å². The fourth-order valence-electron chi connectivity index (χ4n) is 1.68. The minimum atomic E-state index is -0.384. The van der Waals surface area contributed by atoms with E-state index in [9.17, 15) is 4.39 Å². The van der Waals surface area contributed by atoms with Crippen LogP contribution in [0.4, 0.5) is 4.39 Å². The molecule has 0 unspecified atom stereocenters. The lowest BCUT2D eigenvalue weighted by Gasteiger charge is -2.07. The molecule has 0 bridgehead atoms. The van der Waals surface area contributed by atoms with Gasteiger partial charge in [-0.3, -0.25) is 4.98 Å². The van der Waals surface area contributed by atoms with Crippen molar-refractivity contribution in [3.05, 3.63) is 64.2 Å². The van der Waals surface area contributed by atoms with Crippen molar-refractivity contribution in [2.24, 2.45) is 0 Å². The van der Waals surface area contributed by atoms with Gasteiger partial charge in [-0.05, 0) is 36.2 Å². The van der Waals surface area contributed by atoms with Crippen molar-refractivity contribution in [3.63, 3.8) is 0 Å². The Hall–Kier alpha value is -1.45. The minimum Gasteiger partial charge on any atom is -0.307 e. The molecule has 94 valence electrons. The molecule has 0 fully saturated rings. The van der Waals surface area contributed by atoms with Gasteiger partial charge in [0.05, 0.1) is 10.7 Å². The summed E-state index contributed by atoms with van der Waals surface area (Å²) in [4.78, 5) is 4.28. The maximum absolute atomic E-state index is 13.2. The molecule has 0 saturated heterocycles. The summed E-state index contributed by atoms with van der Waals surface area (Å²) in [5.74, 6) is -0.384. The molecule has 18 heavy (non-hydrogen) atoms. The third-order valence-corrected chi connectivity index (χ3v) is 3.03. The second kappa shape index (κ2) is 5.94. The highest BCUT2D eigenvalue weighted by atomic mass is 35.5. The fourth-order valence-corrected chi connectivity index (χ4v) is 1.80. The molecule has 2 aromatic rings. The van der Waals surface area contributed by atoms with Crippen LogP contribution in [0.1, 0.15) is 16.8 Å². The van der Waals surface area contributed by atoms with Crippen LogP contribution in [0.2, 0.25) is 5.02 Å². The topological polar surface area (TPSA) is 24.9 Å². The van der Waals surface area contributed by atoms with Crippen molar-refractivity contribution in [3.8, 4) is 0 Å². The summed E-state index contributed by atoms with van der Waals surface area (Å²) >= 11 is 5.63. The summed E-state index contributed by atoms with van der Waals surface area (Å²) in [6.45, 7) is 3.27. The van der Waals surface area contributed by atoms with Gasteiger partial charge in [-0.25, -0.2) is 4.39 Å². The highest BCUT2D eigenvalue weighted by Gasteiger charge is 2.02. The number of benzene rings is 1. The number of pyridine rings is 1. The molecule has 0 aliphatic heterocycles. The lowest BCUT2D eigenvalue weighted by molar-refractivity contribution is 0.619. The van der Waals surface area contributed by atoms with Gasteiger partial charge in [-0.2, -0.15) is 0 Å². The fraction of sp³-hybridized carbons (Fsp3) is 0.214. The van der Waals surface area contributed by atoms with Crippen LogP contribution in [-0.4, -0.2) is 4.98 Å². The molecular weight excluding hydrogens is 251 g/mol. The third-order valence-electron chi connectivity index (χ3n) is 2.72. The SMILES string of the molecule is Cc1cccnc1CNCc1ccc(Cl)c(F)c1. The second-order valence-corrected chi connectivity index (χ2v) is 4.53. The predicted molar refractivity (Wildman–Crippen MR) is 70.9 cm³/mol. The number of nitrogens with one attached hydrogen (secondary N) is 1. The summed E-state index contributed by atoms with van der Waals surface area (Å²) in [5, 5.41) is 3.39. The van der Waals surface area contributed by atoms with Gasteiger partial charge in [0.25, 0.3) is 0 Å². The van der Waals surface area contributed by atoms with Gasteiger partial charge in [0.1, 0.15) is 5.82 Å². The normalized spacial score (nSPS) is 10.6. The van der Waals surface area contributed by atoms with E-state index in [4.69, 9.17) is 11.6 Å². The number of rotatable bonds is 4. The van der Waals surface area contributed by atoms with E-state index in [2.05, 4.69) is 10.3 Å². The van der Waals surface area contributed by atoms with Crippen LogP contribution in [0.3, 0.4) is 0 Å². The van der Waals surface area contributed by atoms with E-state index in [0.717, 1.165) is 16.8 Å². The minimum absolute atomic E-state index is 0.152. The van der Waals surface area contributed by atoms with Crippen molar-refractivity contribution in [1.29, 1.82) is 0 Å². The van der Waals surface area contributed by atoms with Crippen LogP contribution in [0.5, 0.6) is 0 Å². The average Bonchev–Trinajstić information content (AvgIpc) is 2.36.